The molecule has 6 nitrogen and oxygen atoms in total. The number of hydroxylamine groups is 2. The molecule has 1 aromatic heterocycles. The minimum Gasteiger partial charge on any atom is -0.342 e. The Labute approximate surface area is 130 Å². The molecule has 0 bridgehead atoms. The van der Waals surface area contributed by atoms with Crippen molar-refractivity contribution < 1.29 is 14.4 Å². The third-order valence-corrected chi connectivity index (χ3v) is 4.21. The van der Waals surface area contributed by atoms with Gasteiger partial charge in [0.15, 0.2) is 0 Å². The lowest BCUT2D eigenvalue weighted by Gasteiger charge is -2.33. The summed E-state index contributed by atoms with van der Waals surface area (Å²) >= 11 is 0. The Balaban J connectivity index is 1.56. The highest BCUT2D eigenvalue weighted by atomic mass is 16.7. The molecule has 0 spiro atoms. The van der Waals surface area contributed by atoms with Gasteiger partial charge in [0.25, 0.3) is 5.91 Å². The van der Waals surface area contributed by atoms with Crippen LogP contribution in [0.25, 0.3) is 0 Å². The maximum Gasteiger partial charge on any atom is 0.251 e. The lowest BCUT2D eigenvalue weighted by Crippen LogP contribution is -2.46. The van der Waals surface area contributed by atoms with E-state index in [0.29, 0.717) is 45.5 Å². The number of nitrogens with zero attached hydrogens (tertiary/aromatic N) is 3. The van der Waals surface area contributed by atoms with Gasteiger partial charge >= 0.3 is 0 Å². The highest BCUT2D eigenvalue weighted by Gasteiger charge is 2.34. The number of carbonyl (C=O) groups is 2. The summed E-state index contributed by atoms with van der Waals surface area (Å²) in [5.74, 6) is 0.00897. The van der Waals surface area contributed by atoms with Crippen LogP contribution >= 0.6 is 0 Å². The molecule has 0 aliphatic carbocycles. The summed E-state index contributed by atoms with van der Waals surface area (Å²) in [7, 11) is 0. The van der Waals surface area contributed by atoms with Gasteiger partial charge in [0, 0.05) is 37.8 Å². The van der Waals surface area contributed by atoms with Crippen LogP contribution in [0.2, 0.25) is 0 Å². The fourth-order valence-electron chi connectivity index (χ4n) is 2.95. The van der Waals surface area contributed by atoms with Gasteiger partial charge in [-0.15, -0.1) is 0 Å². The molecule has 2 saturated heterocycles. The lowest BCUT2D eigenvalue weighted by atomic mass is 9.96. The zero-order valence-corrected chi connectivity index (χ0v) is 12.6. The summed E-state index contributed by atoms with van der Waals surface area (Å²) < 4.78 is 0. The van der Waals surface area contributed by atoms with E-state index in [1.165, 1.54) is 5.06 Å². The highest BCUT2D eigenvalue weighted by molar-refractivity contribution is 5.83. The topological polar surface area (TPSA) is 62.7 Å². The molecule has 0 aromatic carbocycles. The van der Waals surface area contributed by atoms with Crippen molar-refractivity contribution in [2.45, 2.75) is 25.7 Å². The molecular formula is C16H21N3O3. The third-order valence-electron chi connectivity index (χ3n) is 4.21. The number of hydrogen-bond acceptors (Lipinski definition) is 4. The molecule has 3 rings (SSSR count). The first-order chi connectivity index (χ1) is 10.7. The predicted octanol–water partition coefficient (Wildman–Crippen LogP) is 1.03. The number of amides is 2. The van der Waals surface area contributed by atoms with Crippen molar-refractivity contribution in [3.05, 3.63) is 30.1 Å². The zero-order valence-electron chi connectivity index (χ0n) is 12.6. The standard InChI is InChI=1S/C16H21N3O3/c20-15-6-5-13(16(21)19-9-3-11-22-19)12-18(15)10-7-14-4-1-2-8-17-14/h1-2,4,8,13H,3,5-7,9-12H2/t13-/m1/s1. The van der Waals surface area contributed by atoms with Crippen LogP contribution in [-0.2, 0) is 20.8 Å². The summed E-state index contributed by atoms with van der Waals surface area (Å²) in [5, 5.41) is 1.47. The molecule has 118 valence electrons. The average molecular weight is 303 g/mol. The molecule has 2 fully saturated rings. The van der Waals surface area contributed by atoms with Gasteiger partial charge in [-0.3, -0.25) is 19.4 Å². The molecule has 2 amide bonds. The van der Waals surface area contributed by atoms with Crippen molar-refractivity contribution in [1.82, 2.24) is 14.9 Å². The van der Waals surface area contributed by atoms with Gasteiger partial charge in [0.05, 0.1) is 19.1 Å². The Morgan fingerprint density at radius 2 is 2.32 bits per heavy atom. The number of likely N-dealkylation sites (tertiary alicyclic amines) is 1. The van der Waals surface area contributed by atoms with E-state index in [-0.39, 0.29) is 17.7 Å². The van der Waals surface area contributed by atoms with E-state index in [2.05, 4.69) is 4.98 Å². The third kappa shape index (κ3) is 3.44. The van der Waals surface area contributed by atoms with Crippen molar-refractivity contribution in [1.29, 1.82) is 0 Å². The van der Waals surface area contributed by atoms with Crippen LogP contribution < -0.4 is 0 Å². The van der Waals surface area contributed by atoms with Crippen LogP contribution in [0.4, 0.5) is 0 Å². The van der Waals surface area contributed by atoms with E-state index < -0.39 is 0 Å². The Morgan fingerprint density at radius 1 is 1.41 bits per heavy atom. The van der Waals surface area contributed by atoms with Gasteiger partial charge in [0.2, 0.25) is 5.91 Å². The molecule has 2 aliphatic heterocycles. The first-order valence-corrected chi connectivity index (χ1v) is 7.86. The van der Waals surface area contributed by atoms with E-state index in [9.17, 15) is 9.59 Å². The smallest absolute Gasteiger partial charge is 0.251 e. The normalized spacial score (nSPS) is 22.2. The molecule has 2 aliphatic rings. The molecule has 1 atom stereocenters. The second-order valence-electron chi connectivity index (χ2n) is 5.77. The Bertz CT molecular complexity index is 529. The van der Waals surface area contributed by atoms with E-state index in [4.69, 9.17) is 4.84 Å². The SMILES string of the molecule is O=C1CC[C@@H](C(=O)N2CCCO2)CN1CCc1ccccn1. The van der Waals surface area contributed by atoms with Crippen LogP contribution in [-0.4, -0.2) is 53.0 Å². The van der Waals surface area contributed by atoms with Crippen molar-refractivity contribution >= 4 is 11.8 Å². The minimum atomic E-state index is -0.139. The van der Waals surface area contributed by atoms with Crippen molar-refractivity contribution in [2.24, 2.45) is 5.92 Å². The lowest BCUT2D eigenvalue weighted by molar-refractivity contribution is -0.175. The first-order valence-electron chi connectivity index (χ1n) is 7.86. The van der Waals surface area contributed by atoms with E-state index >= 15 is 0 Å². The van der Waals surface area contributed by atoms with Gasteiger partial charge in [-0.1, -0.05) is 6.07 Å². The summed E-state index contributed by atoms with van der Waals surface area (Å²) in [4.78, 5) is 35.8. The molecule has 0 unspecified atom stereocenters. The number of rotatable bonds is 4. The first kappa shape index (κ1) is 15.0. The molecule has 3 heterocycles. The van der Waals surface area contributed by atoms with Crippen LogP contribution in [0.15, 0.2) is 24.4 Å². The fraction of sp³-hybridized carbons (Fsp3) is 0.562. The zero-order chi connectivity index (χ0) is 15.4. The van der Waals surface area contributed by atoms with E-state index in [0.717, 1.165) is 12.1 Å². The summed E-state index contributed by atoms with van der Waals surface area (Å²) in [6.45, 7) is 2.38. The van der Waals surface area contributed by atoms with Gasteiger partial charge in [0.1, 0.15) is 0 Å². The van der Waals surface area contributed by atoms with Gasteiger partial charge in [-0.25, -0.2) is 5.06 Å². The number of hydrogen-bond donors (Lipinski definition) is 0. The van der Waals surface area contributed by atoms with E-state index in [1.807, 2.05) is 18.2 Å². The van der Waals surface area contributed by atoms with Crippen molar-refractivity contribution in [3.63, 3.8) is 0 Å². The maximum absolute atomic E-state index is 12.4. The number of aromatic nitrogens is 1. The highest BCUT2D eigenvalue weighted by Crippen LogP contribution is 2.21. The Hall–Kier alpha value is -1.95. The molecule has 22 heavy (non-hydrogen) atoms. The Kier molecular flexibility index (Phi) is 4.68. The maximum atomic E-state index is 12.4. The van der Waals surface area contributed by atoms with Crippen LogP contribution in [0.3, 0.4) is 0 Å². The largest absolute Gasteiger partial charge is 0.342 e. The van der Waals surface area contributed by atoms with Crippen molar-refractivity contribution in [2.75, 3.05) is 26.2 Å². The number of pyridine rings is 1. The predicted molar refractivity (Wildman–Crippen MR) is 79.5 cm³/mol. The molecule has 6 heteroatoms. The molecule has 0 N–H and O–H groups in total. The number of carbonyl (C=O) groups excluding carboxylic acids is 2. The van der Waals surface area contributed by atoms with Gasteiger partial charge in [-0.05, 0) is 25.0 Å². The molecule has 0 saturated carbocycles. The molecular weight excluding hydrogens is 282 g/mol. The van der Waals surface area contributed by atoms with Gasteiger partial charge < -0.3 is 4.90 Å². The average Bonchev–Trinajstić information content (AvgIpc) is 3.09. The summed E-state index contributed by atoms with van der Waals surface area (Å²) in [5.41, 5.74) is 0.964. The van der Waals surface area contributed by atoms with Gasteiger partial charge in [-0.2, -0.15) is 0 Å². The van der Waals surface area contributed by atoms with E-state index in [1.54, 1.807) is 11.1 Å². The monoisotopic (exact) mass is 303 g/mol. The summed E-state index contributed by atoms with van der Waals surface area (Å²) in [6, 6.07) is 5.77. The second kappa shape index (κ2) is 6.87. The minimum absolute atomic E-state index is 0.0211. The van der Waals surface area contributed by atoms with Crippen molar-refractivity contribution in [3.8, 4) is 0 Å². The van der Waals surface area contributed by atoms with Crippen LogP contribution in [0.1, 0.15) is 25.0 Å². The number of piperidine rings is 1. The quantitative estimate of drug-likeness (QED) is 0.833. The fourth-order valence-corrected chi connectivity index (χ4v) is 2.95. The molecule has 1 aromatic rings. The van der Waals surface area contributed by atoms with Crippen LogP contribution in [0, 0.1) is 5.92 Å². The summed E-state index contributed by atoms with van der Waals surface area (Å²) in [6.07, 6.45) is 4.42. The van der Waals surface area contributed by atoms with Crippen LogP contribution in [0.5, 0.6) is 0 Å². The Morgan fingerprint density at radius 3 is 3.05 bits per heavy atom. The second-order valence-corrected chi connectivity index (χ2v) is 5.77. The molecule has 0 radical (unpaired) electrons.